The summed E-state index contributed by atoms with van der Waals surface area (Å²) in [6, 6.07) is 6.41. The molecule has 6 heteroatoms. The third-order valence-corrected chi connectivity index (χ3v) is 3.33. The molecule has 1 aromatic rings. The van der Waals surface area contributed by atoms with Gasteiger partial charge < -0.3 is 9.85 Å². The van der Waals surface area contributed by atoms with Gasteiger partial charge in [-0.05, 0) is 19.1 Å². The van der Waals surface area contributed by atoms with Crippen molar-refractivity contribution in [3.05, 3.63) is 29.8 Å². The molecule has 17 heavy (non-hydrogen) atoms. The quantitative estimate of drug-likeness (QED) is 0.552. The van der Waals surface area contributed by atoms with Crippen molar-refractivity contribution in [3.8, 4) is 0 Å². The van der Waals surface area contributed by atoms with Crippen LogP contribution in [0.5, 0.6) is 0 Å². The van der Waals surface area contributed by atoms with Gasteiger partial charge in [0.15, 0.2) is 0 Å². The number of aliphatic hydroxyl groups excluding tert-OH is 1. The lowest BCUT2D eigenvalue weighted by Crippen LogP contribution is -2.12. The number of hydrogen-bond acceptors (Lipinski definition) is 5. The van der Waals surface area contributed by atoms with Gasteiger partial charge in [-0.25, -0.2) is 0 Å². The molecular weight excluding hydrogens is 244 g/mol. The highest BCUT2D eigenvalue weighted by molar-refractivity contribution is 7.86. The van der Waals surface area contributed by atoms with Crippen molar-refractivity contribution < 1.29 is 22.4 Å². The van der Waals surface area contributed by atoms with Gasteiger partial charge in [-0.3, -0.25) is 4.18 Å². The van der Waals surface area contributed by atoms with E-state index in [1.54, 1.807) is 12.1 Å². The van der Waals surface area contributed by atoms with E-state index < -0.39 is 10.1 Å². The second kappa shape index (κ2) is 6.70. The average molecular weight is 262 g/mol. The zero-order valence-electron chi connectivity index (χ0n) is 10.6. The molecule has 0 saturated heterocycles. The molecule has 0 bridgehead atoms. The molecule has 1 aromatic carbocycles. The Balaban J connectivity index is 2.38. The molecule has 0 spiro atoms. The Morgan fingerprint density at radius 3 is 2.59 bits per heavy atom. The minimum Gasteiger partial charge on any atom is -0.394 e. The van der Waals surface area contributed by atoms with E-state index in [0.29, 0.717) is 0 Å². The normalized spacial score (nSPS) is 12.4. The molecular formula is C11H16O5S. The van der Waals surface area contributed by atoms with Crippen LogP contribution in [0.2, 0.25) is 0 Å². The van der Waals surface area contributed by atoms with Crippen LogP contribution >= 0.6 is 0 Å². The minimum absolute atomic E-state index is 0.0613. The van der Waals surface area contributed by atoms with Gasteiger partial charge in [-0.1, -0.05) is 17.7 Å². The first-order chi connectivity index (χ1) is 8.56. The highest BCUT2D eigenvalue weighted by Gasteiger charge is 2.14. The maximum atomic E-state index is 11.7. The molecule has 1 N–H and O–H groups in total. The largest absolute Gasteiger partial charge is 0.394 e. The Morgan fingerprint density at radius 2 is 1.94 bits per heavy atom. The Labute approximate surface area is 103 Å². The summed E-state index contributed by atoms with van der Waals surface area (Å²) in [5, 5.41) is 4.04. The van der Waals surface area contributed by atoms with Crippen molar-refractivity contribution in [1.82, 2.24) is 0 Å². The summed E-state index contributed by atoms with van der Waals surface area (Å²) in [6.45, 7) is 2.32. The Morgan fingerprint density at radius 1 is 1.24 bits per heavy atom. The topological polar surface area (TPSA) is 72.8 Å². The number of benzene rings is 1. The summed E-state index contributed by atoms with van der Waals surface area (Å²) in [5.74, 6) is 0. The average Bonchev–Trinajstić information content (AvgIpc) is 2.34. The van der Waals surface area contributed by atoms with E-state index in [0.717, 1.165) is 5.56 Å². The van der Waals surface area contributed by atoms with E-state index in [-0.39, 0.29) is 31.3 Å². The minimum atomic E-state index is -3.72. The molecule has 0 aliphatic heterocycles. The van der Waals surface area contributed by atoms with E-state index in [9.17, 15) is 8.42 Å². The first kappa shape index (κ1) is 12.5. The van der Waals surface area contributed by atoms with E-state index in [1.807, 2.05) is 6.92 Å². The van der Waals surface area contributed by atoms with Gasteiger partial charge in [0.2, 0.25) is 1.43 Å². The third kappa shape index (κ3) is 4.82. The highest BCUT2D eigenvalue weighted by atomic mass is 32.2. The Bertz CT molecular complexity index is 443. The van der Waals surface area contributed by atoms with E-state index >= 15 is 0 Å². The summed E-state index contributed by atoms with van der Waals surface area (Å²) < 4.78 is 39.6. The number of aryl methyl sites for hydroxylation is 1. The predicted molar refractivity (Wildman–Crippen MR) is 62.2 cm³/mol. The van der Waals surface area contributed by atoms with Gasteiger partial charge in [-0.15, -0.1) is 0 Å². The van der Waals surface area contributed by atoms with Gasteiger partial charge in [-0.2, -0.15) is 8.42 Å². The second-order valence-electron chi connectivity index (χ2n) is 3.41. The summed E-state index contributed by atoms with van der Waals surface area (Å²) >= 11 is 0. The summed E-state index contributed by atoms with van der Waals surface area (Å²) in [5.41, 5.74) is 0.979. The molecule has 0 heterocycles. The van der Waals surface area contributed by atoms with Crippen molar-refractivity contribution in [2.45, 2.75) is 11.8 Å². The first-order valence-corrected chi connectivity index (χ1v) is 6.59. The fourth-order valence-electron chi connectivity index (χ4n) is 1.14. The van der Waals surface area contributed by atoms with Crippen molar-refractivity contribution >= 4 is 10.1 Å². The molecule has 0 fully saturated rings. The van der Waals surface area contributed by atoms with Gasteiger partial charge in [0, 0.05) is 0 Å². The van der Waals surface area contributed by atoms with Crippen LogP contribution in [0.1, 0.15) is 5.56 Å². The van der Waals surface area contributed by atoms with Gasteiger partial charge in [0.1, 0.15) is 0 Å². The lowest BCUT2D eigenvalue weighted by atomic mass is 10.2. The van der Waals surface area contributed by atoms with Crippen LogP contribution < -0.4 is 0 Å². The first-order valence-electron chi connectivity index (χ1n) is 5.59. The van der Waals surface area contributed by atoms with Gasteiger partial charge in [0.25, 0.3) is 10.1 Å². The number of hydrogen-bond donors (Lipinski definition) is 1. The SMILES string of the molecule is [3H]OCCOCCOS(=O)(=O)c1ccc(C)cc1. The van der Waals surface area contributed by atoms with Crippen molar-refractivity contribution in [1.29, 1.82) is 1.43 Å². The number of ether oxygens (including phenoxy) is 1. The second-order valence-corrected chi connectivity index (χ2v) is 5.02. The molecule has 0 atom stereocenters. The van der Waals surface area contributed by atoms with Crippen LogP contribution in [0.3, 0.4) is 0 Å². The lowest BCUT2D eigenvalue weighted by molar-refractivity contribution is 0.0719. The lowest BCUT2D eigenvalue weighted by Gasteiger charge is -2.06. The molecule has 1 rings (SSSR count). The van der Waals surface area contributed by atoms with Crippen molar-refractivity contribution in [2.24, 2.45) is 0 Å². The van der Waals surface area contributed by atoms with Crippen molar-refractivity contribution in [3.63, 3.8) is 0 Å². The standard InChI is InChI=1S/C11H16O5S/c1-10-2-4-11(5-3-10)17(13,14)16-9-8-15-7-6-12/h2-5,12H,6-9H2,1H3/i12T. The number of aliphatic hydroxyl groups is 1. The summed E-state index contributed by atoms with van der Waals surface area (Å²) in [7, 11) is -3.72. The predicted octanol–water partition coefficient (Wildman–Crippen LogP) is 0.709. The van der Waals surface area contributed by atoms with E-state index in [4.69, 9.17) is 10.4 Å². The van der Waals surface area contributed by atoms with E-state index in [2.05, 4.69) is 5.11 Å². The molecule has 0 aliphatic carbocycles. The van der Waals surface area contributed by atoms with Crippen LogP contribution in [0.4, 0.5) is 0 Å². The Kier molecular flexibility index (Phi) is 4.93. The molecule has 0 aromatic heterocycles. The number of rotatable bonds is 8. The van der Waals surface area contributed by atoms with Crippen LogP contribution in [0.15, 0.2) is 29.2 Å². The highest BCUT2D eigenvalue weighted by Crippen LogP contribution is 2.12. The van der Waals surface area contributed by atoms with Crippen LogP contribution in [0.25, 0.3) is 0 Å². The summed E-state index contributed by atoms with van der Waals surface area (Å²) in [4.78, 5) is 0.127. The van der Waals surface area contributed by atoms with Crippen LogP contribution in [-0.2, 0) is 19.0 Å². The van der Waals surface area contributed by atoms with Crippen LogP contribution in [-0.4, -0.2) is 41.4 Å². The smallest absolute Gasteiger partial charge is 0.297 e. The fourth-order valence-corrected chi connectivity index (χ4v) is 2.03. The summed E-state index contributed by atoms with van der Waals surface area (Å²) in [6.07, 6.45) is 0. The maximum absolute atomic E-state index is 11.7. The molecule has 0 aliphatic rings. The maximum Gasteiger partial charge on any atom is 0.297 e. The van der Waals surface area contributed by atoms with Gasteiger partial charge >= 0.3 is 0 Å². The van der Waals surface area contributed by atoms with Crippen LogP contribution in [0, 0.1) is 6.92 Å². The third-order valence-electron chi connectivity index (χ3n) is 2.00. The molecule has 0 radical (unpaired) electrons. The van der Waals surface area contributed by atoms with Gasteiger partial charge in [0.05, 0.1) is 31.3 Å². The molecule has 5 nitrogen and oxygen atoms in total. The molecule has 0 saturated carbocycles. The zero-order chi connectivity index (χ0) is 13.4. The van der Waals surface area contributed by atoms with E-state index in [1.165, 1.54) is 12.1 Å². The molecule has 0 unspecified atom stereocenters. The zero-order valence-corrected chi connectivity index (χ0v) is 10.4. The fraction of sp³-hybridized carbons (Fsp3) is 0.455. The molecule has 0 amide bonds. The molecule has 96 valence electrons. The Hall–Kier alpha value is -0.950. The monoisotopic (exact) mass is 262 g/mol. The van der Waals surface area contributed by atoms with Crippen molar-refractivity contribution in [2.75, 3.05) is 26.4 Å².